The maximum atomic E-state index is 12.8. The van der Waals surface area contributed by atoms with E-state index in [0.29, 0.717) is 19.3 Å². The summed E-state index contributed by atoms with van der Waals surface area (Å²) in [5.74, 6) is -0.978. The molecule has 63 heavy (non-hydrogen) atoms. The zero-order valence-electron chi connectivity index (χ0n) is 40.8. The van der Waals surface area contributed by atoms with E-state index in [-0.39, 0.29) is 31.1 Å². The molecule has 0 fully saturated rings. The van der Waals surface area contributed by atoms with E-state index in [9.17, 15) is 14.4 Å². The number of carbonyl (C=O) groups is 3. The highest BCUT2D eigenvalue weighted by Gasteiger charge is 2.19. The fourth-order valence-corrected chi connectivity index (χ4v) is 6.73. The first kappa shape index (κ1) is 59.3. The zero-order chi connectivity index (χ0) is 45.8. The molecule has 0 amide bonds. The fraction of sp³-hybridized carbons (Fsp3) is 0.667. The normalized spacial score (nSPS) is 12.9. The van der Waals surface area contributed by atoms with Crippen LogP contribution in [0.1, 0.15) is 226 Å². The standard InChI is InChI=1S/C57H94O6/c1-4-7-10-13-16-19-22-25-27-28-29-30-31-33-35-38-41-44-47-50-56(59)62-53-54(52-61-55(58)49-46-43-40-37-34-24-21-18-15-12-9-6-3)63-57(60)51-48-45-42-39-36-32-26-23-20-17-14-11-8-5-2/h7,9-10,12,16,18-19,21,25,27,29-30,32,34,36-37,54H,4-6,8,11,13-15,17,20,22-24,26,28,31,33,35,38-53H2,1-3H3/b10-7-,12-9-,19-16-,21-18-,27-25-,30-29-,36-32-,37-34-. The summed E-state index contributed by atoms with van der Waals surface area (Å²) in [6.07, 6.45) is 66.8. The minimum atomic E-state index is -0.807. The molecule has 0 rings (SSSR count). The molecule has 358 valence electrons. The molecular weight excluding hydrogens is 781 g/mol. The van der Waals surface area contributed by atoms with E-state index in [2.05, 4.69) is 118 Å². The summed E-state index contributed by atoms with van der Waals surface area (Å²) in [5.41, 5.74) is 0. The summed E-state index contributed by atoms with van der Waals surface area (Å²) in [4.78, 5) is 37.9. The fourth-order valence-electron chi connectivity index (χ4n) is 6.73. The van der Waals surface area contributed by atoms with E-state index in [1.165, 1.54) is 57.8 Å². The molecule has 0 N–H and O–H groups in total. The van der Waals surface area contributed by atoms with Crippen LogP contribution >= 0.6 is 0 Å². The van der Waals surface area contributed by atoms with Gasteiger partial charge in [0, 0.05) is 19.3 Å². The van der Waals surface area contributed by atoms with Gasteiger partial charge in [0.05, 0.1) is 0 Å². The molecular formula is C57H94O6. The molecule has 6 heteroatoms. The Labute approximate surface area is 387 Å². The van der Waals surface area contributed by atoms with E-state index < -0.39 is 6.10 Å². The summed E-state index contributed by atoms with van der Waals surface area (Å²) in [7, 11) is 0. The minimum absolute atomic E-state index is 0.104. The topological polar surface area (TPSA) is 78.9 Å². The van der Waals surface area contributed by atoms with E-state index in [4.69, 9.17) is 14.2 Å². The van der Waals surface area contributed by atoms with Crippen molar-refractivity contribution >= 4 is 17.9 Å². The molecule has 0 heterocycles. The highest BCUT2D eigenvalue weighted by molar-refractivity contribution is 5.71. The highest BCUT2D eigenvalue weighted by atomic mass is 16.6. The Hall–Kier alpha value is -3.67. The largest absolute Gasteiger partial charge is 0.462 e. The number of allylic oxidation sites excluding steroid dienone is 16. The van der Waals surface area contributed by atoms with Gasteiger partial charge in [0.1, 0.15) is 13.2 Å². The molecule has 0 radical (unpaired) electrons. The van der Waals surface area contributed by atoms with Crippen molar-refractivity contribution in [2.75, 3.05) is 13.2 Å². The molecule has 0 aliphatic rings. The summed E-state index contributed by atoms with van der Waals surface area (Å²) in [6, 6.07) is 0. The summed E-state index contributed by atoms with van der Waals surface area (Å²) < 4.78 is 16.7. The lowest BCUT2D eigenvalue weighted by Crippen LogP contribution is -2.30. The van der Waals surface area contributed by atoms with Gasteiger partial charge < -0.3 is 14.2 Å². The number of ether oxygens (including phenoxy) is 3. The SMILES string of the molecule is CC/C=C\C/C=C\C/C=C\C/C=C\CCCCCCCCC(=O)OCC(COC(=O)CCCC/C=C\C/C=C\C/C=C\CC)OC(=O)CCCCC/C=C\CCCCCCCCC. The molecule has 0 bridgehead atoms. The Balaban J connectivity index is 4.45. The predicted octanol–water partition coefficient (Wildman–Crippen LogP) is 17.0. The van der Waals surface area contributed by atoms with Gasteiger partial charge in [-0.1, -0.05) is 189 Å². The third-order valence-electron chi connectivity index (χ3n) is 10.6. The van der Waals surface area contributed by atoms with Crippen LogP contribution in [-0.4, -0.2) is 37.2 Å². The Morgan fingerprint density at radius 1 is 0.333 bits per heavy atom. The van der Waals surface area contributed by atoms with Gasteiger partial charge in [0.25, 0.3) is 0 Å². The number of unbranched alkanes of at least 4 members (excludes halogenated alkanes) is 18. The van der Waals surface area contributed by atoms with Crippen molar-refractivity contribution in [3.63, 3.8) is 0 Å². The van der Waals surface area contributed by atoms with Gasteiger partial charge in [-0.3, -0.25) is 14.4 Å². The average Bonchev–Trinajstić information content (AvgIpc) is 3.28. The Bertz CT molecular complexity index is 1280. The van der Waals surface area contributed by atoms with Crippen LogP contribution in [0.3, 0.4) is 0 Å². The van der Waals surface area contributed by atoms with Gasteiger partial charge in [0.15, 0.2) is 6.10 Å². The Kier molecular flexibility index (Phi) is 48.0. The molecule has 6 nitrogen and oxygen atoms in total. The lowest BCUT2D eigenvalue weighted by molar-refractivity contribution is -0.167. The number of hydrogen-bond acceptors (Lipinski definition) is 6. The number of carbonyl (C=O) groups excluding carboxylic acids is 3. The summed E-state index contributed by atoms with van der Waals surface area (Å²) >= 11 is 0. The Morgan fingerprint density at radius 2 is 0.619 bits per heavy atom. The number of hydrogen-bond donors (Lipinski definition) is 0. The molecule has 0 saturated heterocycles. The van der Waals surface area contributed by atoms with Gasteiger partial charge in [0.2, 0.25) is 0 Å². The first-order chi connectivity index (χ1) is 31.0. The van der Waals surface area contributed by atoms with Crippen LogP contribution in [-0.2, 0) is 28.6 Å². The molecule has 1 unspecified atom stereocenters. The Morgan fingerprint density at radius 3 is 1.03 bits per heavy atom. The third-order valence-corrected chi connectivity index (χ3v) is 10.6. The smallest absolute Gasteiger partial charge is 0.306 e. The maximum absolute atomic E-state index is 12.8. The maximum Gasteiger partial charge on any atom is 0.306 e. The van der Waals surface area contributed by atoms with Crippen molar-refractivity contribution in [1.29, 1.82) is 0 Å². The van der Waals surface area contributed by atoms with E-state index >= 15 is 0 Å². The van der Waals surface area contributed by atoms with Crippen LogP contribution in [0.4, 0.5) is 0 Å². The predicted molar refractivity (Wildman–Crippen MR) is 270 cm³/mol. The van der Waals surface area contributed by atoms with Crippen LogP contribution in [0.15, 0.2) is 97.2 Å². The van der Waals surface area contributed by atoms with Gasteiger partial charge >= 0.3 is 17.9 Å². The van der Waals surface area contributed by atoms with Gasteiger partial charge in [-0.2, -0.15) is 0 Å². The highest BCUT2D eigenvalue weighted by Crippen LogP contribution is 2.13. The van der Waals surface area contributed by atoms with Crippen LogP contribution in [0.5, 0.6) is 0 Å². The van der Waals surface area contributed by atoms with Gasteiger partial charge in [-0.25, -0.2) is 0 Å². The second-order valence-electron chi connectivity index (χ2n) is 16.7. The van der Waals surface area contributed by atoms with Crippen molar-refractivity contribution in [3.8, 4) is 0 Å². The average molecular weight is 875 g/mol. The van der Waals surface area contributed by atoms with E-state index in [0.717, 1.165) is 128 Å². The zero-order valence-corrected chi connectivity index (χ0v) is 40.8. The molecule has 0 aromatic heterocycles. The molecule has 0 aliphatic heterocycles. The lowest BCUT2D eigenvalue weighted by Gasteiger charge is -2.18. The molecule has 0 aliphatic carbocycles. The molecule has 1 atom stereocenters. The number of rotatable bonds is 45. The van der Waals surface area contributed by atoms with Crippen LogP contribution in [0.2, 0.25) is 0 Å². The van der Waals surface area contributed by atoms with Gasteiger partial charge in [-0.05, 0) is 116 Å². The minimum Gasteiger partial charge on any atom is -0.462 e. The van der Waals surface area contributed by atoms with Crippen molar-refractivity contribution in [1.82, 2.24) is 0 Å². The number of esters is 3. The quantitative estimate of drug-likeness (QED) is 0.0262. The second kappa shape index (κ2) is 51.0. The van der Waals surface area contributed by atoms with Gasteiger partial charge in [-0.15, -0.1) is 0 Å². The van der Waals surface area contributed by atoms with Crippen molar-refractivity contribution in [3.05, 3.63) is 97.2 Å². The molecule has 0 spiro atoms. The molecule has 0 aromatic carbocycles. The molecule has 0 saturated carbocycles. The first-order valence-corrected chi connectivity index (χ1v) is 25.7. The van der Waals surface area contributed by atoms with Crippen LogP contribution in [0.25, 0.3) is 0 Å². The van der Waals surface area contributed by atoms with E-state index in [1.807, 2.05) is 0 Å². The van der Waals surface area contributed by atoms with Crippen molar-refractivity contribution < 1.29 is 28.6 Å². The lowest BCUT2D eigenvalue weighted by atomic mass is 10.1. The molecule has 0 aromatic rings. The van der Waals surface area contributed by atoms with Crippen LogP contribution in [0, 0.1) is 0 Å². The van der Waals surface area contributed by atoms with E-state index in [1.54, 1.807) is 0 Å². The third kappa shape index (κ3) is 49.2. The monoisotopic (exact) mass is 875 g/mol. The summed E-state index contributed by atoms with van der Waals surface area (Å²) in [5, 5.41) is 0. The first-order valence-electron chi connectivity index (χ1n) is 25.7. The summed E-state index contributed by atoms with van der Waals surface area (Å²) in [6.45, 7) is 6.33. The second-order valence-corrected chi connectivity index (χ2v) is 16.7. The van der Waals surface area contributed by atoms with Crippen molar-refractivity contribution in [2.45, 2.75) is 232 Å². The van der Waals surface area contributed by atoms with Crippen LogP contribution < -0.4 is 0 Å². The van der Waals surface area contributed by atoms with Crippen molar-refractivity contribution in [2.24, 2.45) is 0 Å².